The highest BCUT2D eigenvalue weighted by molar-refractivity contribution is 7.80. The molecule has 1 aromatic carbocycles. The van der Waals surface area contributed by atoms with Crippen molar-refractivity contribution < 1.29 is 9.53 Å². The lowest BCUT2D eigenvalue weighted by molar-refractivity contribution is 0.141. The van der Waals surface area contributed by atoms with Crippen LogP contribution in [0.25, 0.3) is 0 Å². The number of carbonyl (C=O) groups excluding carboxylic acids is 1. The predicted molar refractivity (Wildman–Crippen MR) is 53.6 cm³/mol. The number of amides is 1. The molecule has 1 N–H and O–H groups in total. The molecule has 0 atom stereocenters. The van der Waals surface area contributed by atoms with Gasteiger partial charge < -0.3 is 10.1 Å². The smallest absolute Gasteiger partial charge is 0.408 e. The standard InChI is InChI=1S/C9H11NO2S/c11-9(10-7-13)12-6-8-4-2-1-3-5-8/h1-5,13H,6-7H2,(H,10,11). The van der Waals surface area contributed by atoms with Gasteiger partial charge in [0.25, 0.3) is 0 Å². The van der Waals surface area contributed by atoms with E-state index < -0.39 is 6.09 Å². The lowest BCUT2D eigenvalue weighted by Gasteiger charge is -2.04. The molecule has 0 aliphatic heterocycles. The van der Waals surface area contributed by atoms with Crippen molar-refractivity contribution in [3.05, 3.63) is 35.9 Å². The molecule has 0 spiro atoms. The predicted octanol–water partition coefficient (Wildman–Crippen LogP) is 1.80. The average molecular weight is 197 g/mol. The molecule has 1 rings (SSSR count). The van der Waals surface area contributed by atoms with E-state index in [2.05, 4.69) is 17.9 Å². The lowest BCUT2D eigenvalue weighted by Crippen LogP contribution is -2.22. The van der Waals surface area contributed by atoms with Crippen LogP contribution < -0.4 is 5.32 Å². The number of nitrogens with one attached hydrogen (secondary N) is 1. The summed E-state index contributed by atoms with van der Waals surface area (Å²) in [4.78, 5) is 10.8. The van der Waals surface area contributed by atoms with Crippen molar-refractivity contribution >= 4 is 18.7 Å². The molecular formula is C9H11NO2S. The molecule has 0 aliphatic rings. The number of alkyl carbamates (subject to hydrolysis) is 1. The van der Waals surface area contributed by atoms with Crippen molar-refractivity contribution in [2.45, 2.75) is 6.61 Å². The Morgan fingerprint density at radius 2 is 2.08 bits per heavy atom. The second-order valence-electron chi connectivity index (χ2n) is 2.40. The SMILES string of the molecule is O=C(NCS)OCc1ccccc1. The molecule has 70 valence electrons. The van der Waals surface area contributed by atoms with Crippen molar-refractivity contribution in [1.29, 1.82) is 0 Å². The second-order valence-corrected chi connectivity index (χ2v) is 2.71. The molecule has 13 heavy (non-hydrogen) atoms. The van der Waals surface area contributed by atoms with Crippen LogP contribution in [0.2, 0.25) is 0 Å². The maximum absolute atomic E-state index is 10.8. The summed E-state index contributed by atoms with van der Waals surface area (Å²) >= 11 is 3.83. The van der Waals surface area contributed by atoms with Crippen molar-refractivity contribution in [2.24, 2.45) is 0 Å². The first-order valence-electron chi connectivity index (χ1n) is 3.88. The van der Waals surface area contributed by atoms with Gasteiger partial charge in [-0.1, -0.05) is 30.3 Å². The van der Waals surface area contributed by atoms with E-state index in [0.717, 1.165) is 5.56 Å². The fourth-order valence-corrected chi connectivity index (χ4v) is 0.968. The van der Waals surface area contributed by atoms with Gasteiger partial charge in [-0.05, 0) is 5.56 Å². The Kier molecular flexibility index (Phi) is 4.18. The van der Waals surface area contributed by atoms with E-state index in [1.54, 1.807) is 0 Å². The largest absolute Gasteiger partial charge is 0.445 e. The molecule has 0 unspecified atom stereocenters. The molecular weight excluding hydrogens is 186 g/mol. The number of rotatable bonds is 3. The molecule has 0 radical (unpaired) electrons. The first-order chi connectivity index (χ1) is 6.33. The monoisotopic (exact) mass is 197 g/mol. The van der Waals surface area contributed by atoms with Crippen LogP contribution in [0.4, 0.5) is 4.79 Å². The Bertz CT molecular complexity index is 264. The van der Waals surface area contributed by atoms with Gasteiger partial charge in [-0.15, -0.1) is 0 Å². The second kappa shape index (κ2) is 5.48. The zero-order chi connectivity index (χ0) is 9.52. The third-order valence-electron chi connectivity index (χ3n) is 1.44. The zero-order valence-electron chi connectivity index (χ0n) is 7.06. The highest BCUT2D eigenvalue weighted by Crippen LogP contribution is 2.00. The van der Waals surface area contributed by atoms with Gasteiger partial charge in [0.05, 0.1) is 5.88 Å². The Labute approximate surface area is 82.5 Å². The summed E-state index contributed by atoms with van der Waals surface area (Å²) < 4.78 is 4.87. The van der Waals surface area contributed by atoms with E-state index in [-0.39, 0.29) is 5.88 Å². The van der Waals surface area contributed by atoms with Crippen LogP contribution in [0.5, 0.6) is 0 Å². The topological polar surface area (TPSA) is 38.3 Å². The van der Waals surface area contributed by atoms with Gasteiger partial charge in [-0.3, -0.25) is 0 Å². The fraction of sp³-hybridized carbons (Fsp3) is 0.222. The molecule has 0 fully saturated rings. The summed E-state index contributed by atoms with van der Waals surface area (Å²) in [5, 5.41) is 2.42. The van der Waals surface area contributed by atoms with Crippen molar-refractivity contribution in [1.82, 2.24) is 5.32 Å². The third kappa shape index (κ3) is 3.85. The average Bonchev–Trinajstić information content (AvgIpc) is 2.17. The maximum atomic E-state index is 10.8. The molecule has 0 aromatic heterocycles. The molecule has 4 heteroatoms. The first kappa shape index (κ1) is 9.92. The maximum Gasteiger partial charge on any atom is 0.408 e. The fourth-order valence-electron chi connectivity index (χ4n) is 0.839. The number of carbonyl (C=O) groups is 1. The van der Waals surface area contributed by atoms with Gasteiger partial charge in [0.1, 0.15) is 6.61 Å². The van der Waals surface area contributed by atoms with Crippen LogP contribution in [0.15, 0.2) is 30.3 Å². The molecule has 0 aliphatic carbocycles. The molecule has 0 saturated carbocycles. The van der Waals surface area contributed by atoms with Gasteiger partial charge in [-0.25, -0.2) is 4.79 Å². The summed E-state index contributed by atoms with van der Waals surface area (Å²) in [6.07, 6.45) is -0.446. The van der Waals surface area contributed by atoms with Crippen LogP contribution in [0.1, 0.15) is 5.56 Å². The Morgan fingerprint density at radius 3 is 2.69 bits per heavy atom. The summed E-state index contributed by atoms with van der Waals surface area (Å²) in [7, 11) is 0. The van der Waals surface area contributed by atoms with Crippen LogP contribution in [-0.2, 0) is 11.3 Å². The number of ether oxygens (including phenoxy) is 1. The lowest BCUT2D eigenvalue weighted by atomic mass is 10.2. The number of hydrogen-bond acceptors (Lipinski definition) is 3. The summed E-state index contributed by atoms with van der Waals surface area (Å²) in [6.45, 7) is 0.292. The molecule has 1 aromatic rings. The summed E-state index contributed by atoms with van der Waals surface area (Å²) in [5.41, 5.74) is 0.969. The van der Waals surface area contributed by atoms with Gasteiger partial charge in [0.15, 0.2) is 0 Å². The van der Waals surface area contributed by atoms with Gasteiger partial charge in [0.2, 0.25) is 0 Å². The third-order valence-corrected chi connectivity index (χ3v) is 1.59. The van der Waals surface area contributed by atoms with Crippen LogP contribution in [0.3, 0.4) is 0 Å². The van der Waals surface area contributed by atoms with E-state index in [1.165, 1.54) is 0 Å². The highest BCUT2D eigenvalue weighted by atomic mass is 32.1. The number of hydrogen-bond donors (Lipinski definition) is 2. The van der Waals surface area contributed by atoms with Crippen molar-refractivity contribution in [3.63, 3.8) is 0 Å². The minimum Gasteiger partial charge on any atom is -0.445 e. The minimum atomic E-state index is -0.446. The highest BCUT2D eigenvalue weighted by Gasteiger charge is 1.98. The molecule has 0 bridgehead atoms. The van der Waals surface area contributed by atoms with Crippen molar-refractivity contribution in [2.75, 3.05) is 5.88 Å². The first-order valence-corrected chi connectivity index (χ1v) is 4.51. The molecule has 3 nitrogen and oxygen atoms in total. The normalized spacial score (nSPS) is 9.31. The van der Waals surface area contributed by atoms with Crippen LogP contribution >= 0.6 is 12.6 Å². The molecule has 1 amide bonds. The molecule has 0 saturated heterocycles. The molecule has 0 heterocycles. The van der Waals surface area contributed by atoms with E-state index in [9.17, 15) is 4.79 Å². The van der Waals surface area contributed by atoms with E-state index in [4.69, 9.17) is 4.74 Å². The minimum absolute atomic E-state index is 0.285. The quantitative estimate of drug-likeness (QED) is 0.573. The van der Waals surface area contributed by atoms with Gasteiger partial charge >= 0.3 is 6.09 Å². The number of benzene rings is 1. The Morgan fingerprint density at radius 1 is 1.38 bits per heavy atom. The number of thiol groups is 1. The van der Waals surface area contributed by atoms with E-state index in [0.29, 0.717) is 6.61 Å². The zero-order valence-corrected chi connectivity index (χ0v) is 7.96. The Balaban J connectivity index is 2.31. The van der Waals surface area contributed by atoms with Gasteiger partial charge in [0, 0.05) is 0 Å². The van der Waals surface area contributed by atoms with E-state index in [1.807, 2.05) is 30.3 Å². The summed E-state index contributed by atoms with van der Waals surface area (Å²) in [6, 6.07) is 9.50. The summed E-state index contributed by atoms with van der Waals surface area (Å²) in [5.74, 6) is 0.285. The Hall–Kier alpha value is -1.16. The van der Waals surface area contributed by atoms with Crippen LogP contribution in [0, 0.1) is 0 Å². The van der Waals surface area contributed by atoms with Crippen molar-refractivity contribution in [3.8, 4) is 0 Å². The van der Waals surface area contributed by atoms with E-state index >= 15 is 0 Å². The van der Waals surface area contributed by atoms with Gasteiger partial charge in [-0.2, -0.15) is 12.6 Å². The van der Waals surface area contributed by atoms with Crippen LogP contribution in [-0.4, -0.2) is 12.0 Å².